The van der Waals surface area contributed by atoms with Crippen molar-refractivity contribution < 1.29 is 35.2 Å². The topological polar surface area (TPSA) is 111 Å². The maximum absolute atomic E-state index is 10.5. The average Bonchev–Trinajstić information content (AvgIpc) is 3.04. The molecular formula is C10H14N2O7S2. The van der Waals surface area contributed by atoms with Crippen LogP contribution in [0.2, 0.25) is 0 Å². The third-order valence-electron chi connectivity index (χ3n) is 2.79. The number of rotatable bonds is 7. The van der Waals surface area contributed by atoms with Gasteiger partial charge in [0.05, 0.1) is 17.4 Å². The van der Waals surface area contributed by atoms with Gasteiger partial charge in [0.25, 0.3) is 6.73 Å². The number of hydrogen-bond acceptors (Lipinski definition) is 7. The second-order valence-electron chi connectivity index (χ2n) is 4.06. The highest BCUT2D eigenvalue weighted by atomic mass is 32.2. The Morgan fingerprint density at radius 1 is 1.52 bits per heavy atom. The van der Waals surface area contributed by atoms with Crippen molar-refractivity contribution in [1.29, 1.82) is 0 Å². The van der Waals surface area contributed by atoms with Crippen LogP contribution < -0.4 is 0 Å². The van der Waals surface area contributed by atoms with Crippen molar-refractivity contribution in [3.05, 3.63) is 24.0 Å². The first kappa shape index (κ1) is 16.3. The van der Waals surface area contributed by atoms with Crippen molar-refractivity contribution in [1.82, 2.24) is 4.90 Å². The molecule has 0 bridgehead atoms. The Balaban J connectivity index is 2.04. The van der Waals surface area contributed by atoms with Crippen LogP contribution >= 0.6 is 0 Å². The molecule has 0 aromatic heterocycles. The van der Waals surface area contributed by atoms with Gasteiger partial charge in [-0.2, -0.15) is 8.78 Å². The Morgan fingerprint density at radius 3 is 3.05 bits per heavy atom. The zero-order valence-corrected chi connectivity index (χ0v) is 12.5. The van der Waals surface area contributed by atoms with Gasteiger partial charge in [0.15, 0.2) is 13.2 Å². The van der Waals surface area contributed by atoms with Crippen LogP contribution in [0.25, 0.3) is 0 Å². The van der Waals surface area contributed by atoms with Crippen LogP contribution in [0.3, 0.4) is 0 Å². The fourth-order valence-corrected chi connectivity index (χ4v) is 2.27. The Hall–Kier alpha value is -1.11. The van der Waals surface area contributed by atoms with Crippen LogP contribution in [-0.4, -0.2) is 59.5 Å². The van der Waals surface area contributed by atoms with Gasteiger partial charge in [0, 0.05) is 18.3 Å². The van der Waals surface area contributed by atoms with Crippen molar-refractivity contribution >= 4 is 28.6 Å². The average molecular weight is 338 g/mol. The minimum atomic E-state index is -2.58. The van der Waals surface area contributed by atoms with Gasteiger partial charge >= 0.3 is 17.3 Å². The molecular weight excluding hydrogens is 324 g/mol. The van der Waals surface area contributed by atoms with E-state index in [2.05, 4.69) is 8.37 Å². The molecule has 0 aliphatic carbocycles. The van der Waals surface area contributed by atoms with Gasteiger partial charge in [-0.15, -0.1) is 0 Å². The van der Waals surface area contributed by atoms with E-state index < -0.39 is 22.7 Å². The van der Waals surface area contributed by atoms with Crippen molar-refractivity contribution in [3.63, 3.8) is 0 Å². The molecule has 11 heteroatoms. The molecule has 118 valence electrons. The van der Waals surface area contributed by atoms with E-state index in [1.807, 2.05) is 6.08 Å². The van der Waals surface area contributed by atoms with E-state index in [1.54, 1.807) is 21.8 Å². The van der Waals surface area contributed by atoms with Crippen molar-refractivity contribution in [2.24, 2.45) is 0 Å². The molecule has 9 nitrogen and oxygen atoms in total. The second kappa shape index (κ2) is 7.77. The summed E-state index contributed by atoms with van der Waals surface area (Å²) in [6.07, 6.45) is 5.87. The highest BCUT2D eigenvalue weighted by molar-refractivity contribution is 7.74. The van der Waals surface area contributed by atoms with Crippen LogP contribution in [0, 0.1) is 0 Å². The summed E-state index contributed by atoms with van der Waals surface area (Å²) in [5, 5.41) is 0. The normalized spacial score (nSPS) is 23.0. The summed E-state index contributed by atoms with van der Waals surface area (Å²) in [4.78, 5) is 1.62. The number of hydrogen-bond donors (Lipinski definition) is 1. The fraction of sp³-hybridized carbons (Fsp3) is 0.500. The SMILES string of the molecule is O=S([O-])OCN1C=CC/C1=C/C1=[N+](COS(=O)O)CCO1. The van der Waals surface area contributed by atoms with Gasteiger partial charge in [-0.1, -0.05) is 6.08 Å². The fourth-order valence-electron chi connectivity index (χ4n) is 1.86. The molecule has 2 atom stereocenters. The minimum absolute atomic E-state index is 0.0727. The molecule has 0 spiro atoms. The summed E-state index contributed by atoms with van der Waals surface area (Å²) in [6, 6.07) is 0. The zero-order valence-electron chi connectivity index (χ0n) is 10.9. The summed E-state index contributed by atoms with van der Waals surface area (Å²) in [5.41, 5.74) is 0.785. The zero-order chi connectivity index (χ0) is 15.2. The van der Waals surface area contributed by atoms with Gasteiger partial charge in [0.1, 0.15) is 6.73 Å². The lowest BCUT2D eigenvalue weighted by Crippen LogP contribution is -2.22. The lowest BCUT2D eigenvalue weighted by molar-refractivity contribution is -0.548. The van der Waals surface area contributed by atoms with Gasteiger partial charge in [-0.25, -0.2) is 8.39 Å². The Bertz CT molecular complexity index is 531. The minimum Gasteiger partial charge on any atom is -0.750 e. The monoisotopic (exact) mass is 338 g/mol. The second-order valence-corrected chi connectivity index (χ2v) is 5.37. The third-order valence-corrected chi connectivity index (χ3v) is 3.40. The number of nitrogens with zero attached hydrogens (tertiary/aromatic N) is 2. The molecule has 2 unspecified atom stereocenters. The lowest BCUT2D eigenvalue weighted by atomic mass is 10.3. The van der Waals surface area contributed by atoms with Gasteiger partial charge in [0.2, 0.25) is 0 Å². The molecule has 2 rings (SSSR count). The molecule has 0 amide bonds. The number of allylic oxidation sites excluding steroid dienone is 1. The van der Waals surface area contributed by atoms with Crippen molar-refractivity contribution in [3.8, 4) is 0 Å². The third kappa shape index (κ3) is 4.98. The van der Waals surface area contributed by atoms with E-state index in [1.165, 1.54) is 0 Å². The summed E-state index contributed by atoms with van der Waals surface area (Å²) in [5.74, 6) is 0.493. The quantitative estimate of drug-likeness (QED) is 0.484. The molecule has 0 saturated heterocycles. The Labute approximate surface area is 126 Å². The molecule has 2 aliphatic rings. The molecule has 0 saturated carbocycles. The van der Waals surface area contributed by atoms with Crippen LogP contribution in [0.15, 0.2) is 24.0 Å². The summed E-state index contributed by atoms with van der Waals surface area (Å²) >= 11 is -4.92. The summed E-state index contributed by atoms with van der Waals surface area (Å²) in [7, 11) is 0. The smallest absolute Gasteiger partial charge is 0.366 e. The Kier molecular flexibility index (Phi) is 6.02. The maximum atomic E-state index is 10.5. The first-order valence-electron chi connectivity index (χ1n) is 5.91. The van der Waals surface area contributed by atoms with E-state index in [-0.39, 0.29) is 13.5 Å². The van der Waals surface area contributed by atoms with Crippen LogP contribution in [0.5, 0.6) is 0 Å². The Morgan fingerprint density at radius 2 is 2.33 bits per heavy atom. The van der Waals surface area contributed by atoms with Gasteiger partial charge in [-0.05, 0) is 0 Å². The highest BCUT2D eigenvalue weighted by Crippen LogP contribution is 2.19. The van der Waals surface area contributed by atoms with Crippen LogP contribution in [0.1, 0.15) is 6.42 Å². The molecule has 2 aliphatic heterocycles. The van der Waals surface area contributed by atoms with E-state index in [9.17, 15) is 13.0 Å². The first-order valence-corrected chi connectivity index (χ1v) is 7.94. The lowest BCUT2D eigenvalue weighted by Gasteiger charge is -2.18. The molecule has 0 aromatic rings. The summed E-state index contributed by atoms with van der Waals surface area (Å²) < 4.78 is 56.1. The predicted molar refractivity (Wildman–Crippen MR) is 71.4 cm³/mol. The largest absolute Gasteiger partial charge is 0.750 e. The standard InChI is InChI=1S/C10H14N2O7S2/c13-20(14)18-7-11-3-1-2-9(11)6-10-12(4-5-17-10)8-19-21(15)16/h1,3,6H,2,4-5,7-8H2,(H-,13,14,15,16). The molecule has 0 fully saturated rings. The van der Waals surface area contributed by atoms with Crippen LogP contribution in [0.4, 0.5) is 0 Å². The summed E-state index contributed by atoms with van der Waals surface area (Å²) in [6.45, 7) is 0.777. The molecule has 21 heavy (non-hydrogen) atoms. The van der Waals surface area contributed by atoms with E-state index in [0.29, 0.717) is 25.5 Å². The number of ether oxygens (including phenoxy) is 1. The van der Waals surface area contributed by atoms with Gasteiger partial charge < -0.3 is 14.2 Å². The van der Waals surface area contributed by atoms with Crippen LogP contribution in [-0.2, 0) is 35.8 Å². The van der Waals surface area contributed by atoms with E-state index >= 15 is 0 Å². The van der Waals surface area contributed by atoms with E-state index in [4.69, 9.17) is 9.29 Å². The molecule has 2 heterocycles. The first-order chi connectivity index (χ1) is 10.1. The van der Waals surface area contributed by atoms with Gasteiger partial charge in [-0.3, -0.25) is 8.74 Å². The molecule has 1 N–H and O–H groups in total. The highest BCUT2D eigenvalue weighted by Gasteiger charge is 2.25. The predicted octanol–water partition coefficient (Wildman–Crippen LogP) is -0.590. The van der Waals surface area contributed by atoms with Crippen molar-refractivity contribution in [2.75, 3.05) is 26.6 Å². The van der Waals surface area contributed by atoms with Crippen molar-refractivity contribution in [2.45, 2.75) is 6.42 Å². The maximum Gasteiger partial charge on any atom is 0.366 e. The van der Waals surface area contributed by atoms with E-state index in [0.717, 1.165) is 5.70 Å². The molecule has 0 aromatic carbocycles. The molecule has 0 radical (unpaired) electrons.